The summed E-state index contributed by atoms with van der Waals surface area (Å²) in [6.07, 6.45) is 9.95. The molecule has 11 rings (SSSR count). The number of ether oxygens (including phenoxy) is 1. The van der Waals surface area contributed by atoms with Crippen LogP contribution in [-0.4, -0.2) is 67.6 Å². The number of pyridine rings is 1. The second-order valence-electron chi connectivity index (χ2n) is 19.6. The number of para-hydroxylation sites is 1. The Morgan fingerprint density at radius 2 is 1.73 bits per heavy atom. The van der Waals surface area contributed by atoms with E-state index in [2.05, 4.69) is 40.1 Å². The smallest absolute Gasteiger partial charge is 0.294 e. The summed E-state index contributed by atoms with van der Waals surface area (Å²) in [5.41, 5.74) is 12.9. The first kappa shape index (κ1) is 41.7. The van der Waals surface area contributed by atoms with Crippen molar-refractivity contribution >= 4 is 60.2 Å². The quantitative estimate of drug-likeness (QED) is 0.0992. The Balaban J connectivity index is 0.898. The van der Waals surface area contributed by atoms with Gasteiger partial charge in [0.05, 0.1) is 33.5 Å². The molecule has 4 fully saturated rings. The first-order chi connectivity index (χ1) is 29.9. The number of fused-ring (bicyclic) bond motifs is 2. The zero-order chi connectivity index (χ0) is 44.1. The van der Waals surface area contributed by atoms with Gasteiger partial charge < -0.3 is 20.7 Å². The van der Waals surface area contributed by atoms with Gasteiger partial charge in [0.2, 0.25) is 0 Å². The Bertz CT molecular complexity index is 2890. The van der Waals surface area contributed by atoms with Crippen LogP contribution in [0.2, 0.25) is 0 Å². The van der Waals surface area contributed by atoms with E-state index in [1.165, 1.54) is 6.07 Å². The predicted molar refractivity (Wildman–Crippen MR) is 243 cm³/mol. The highest BCUT2D eigenvalue weighted by molar-refractivity contribution is 7.85. The van der Waals surface area contributed by atoms with Crippen molar-refractivity contribution in [2.24, 2.45) is 22.0 Å². The summed E-state index contributed by atoms with van der Waals surface area (Å²) in [5.74, 6) is 1.34. The number of carbonyl (C=O) groups excluding carboxylic acids is 1. The van der Waals surface area contributed by atoms with Crippen molar-refractivity contribution in [3.05, 3.63) is 94.4 Å². The molecular weight excluding hydrogens is 835 g/mol. The average Bonchev–Trinajstić information content (AvgIpc) is 3.78. The number of rotatable bonds is 12. The van der Waals surface area contributed by atoms with E-state index in [0.29, 0.717) is 54.7 Å². The molecule has 4 bridgehead atoms. The van der Waals surface area contributed by atoms with Crippen LogP contribution in [0.15, 0.2) is 65.7 Å². The van der Waals surface area contributed by atoms with Gasteiger partial charge in [-0.3, -0.25) is 14.0 Å². The lowest BCUT2D eigenvalue weighted by atomic mass is 9.39. The number of amides is 1. The Morgan fingerprint density at radius 1 is 0.952 bits per heavy atom. The summed E-state index contributed by atoms with van der Waals surface area (Å²) in [6.45, 7) is 12.5. The van der Waals surface area contributed by atoms with Crippen LogP contribution in [0.3, 0.4) is 0 Å². The van der Waals surface area contributed by atoms with E-state index in [9.17, 15) is 17.8 Å². The van der Waals surface area contributed by atoms with Gasteiger partial charge in [-0.1, -0.05) is 55.0 Å². The third-order valence-electron chi connectivity index (χ3n) is 14.1. The summed E-state index contributed by atoms with van der Waals surface area (Å²) in [5, 5.41) is 18.4. The van der Waals surface area contributed by atoms with Gasteiger partial charge in [-0.05, 0) is 131 Å². The number of thiazole rings is 1. The number of hydrogen-bond acceptors (Lipinski definition) is 12. The zero-order valence-corrected chi connectivity index (χ0v) is 38.0. The number of nitrogens with two attached hydrogens (primary N) is 1. The van der Waals surface area contributed by atoms with Crippen LogP contribution in [0.1, 0.15) is 97.2 Å². The molecule has 5 aliphatic rings. The minimum absolute atomic E-state index is 0.0581. The number of anilines is 4. The minimum Gasteiger partial charge on any atom is -0.375 e. The number of benzene rings is 2. The van der Waals surface area contributed by atoms with Gasteiger partial charge in [0, 0.05) is 41.0 Å². The molecule has 4 aliphatic carbocycles. The van der Waals surface area contributed by atoms with E-state index in [1.54, 1.807) is 17.4 Å². The molecule has 2 atom stereocenters. The summed E-state index contributed by atoms with van der Waals surface area (Å²) in [6, 6.07) is 16.9. The third kappa shape index (κ3) is 7.57. The predicted octanol–water partition coefficient (Wildman–Crippen LogP) is 8.82. The molecule has 2 unspecified atom stereocenters. The highest BCUT2D eigenvalue weighted by Crippen LogP contribution is 2.72. The number of primary amides is 1. The maximum absolute atomic E-state index is 13.2. The van der Waals surface area contributed by atoms with Crippen molar-refractivity contribution in [3.63, 3.8) is 0 Å². The second kappa shape index (κ2) is 14.9. The molecule has 0 radical (unpaired) electrons. The molecule has 63 heavy (non-hydrogen) atoms. The topological polar surface area (TPSA) is 191 Å². The van der Waals surface area contributed by atoms with E-state index < -0.39 is 16.0 Å². The molecule has 16 heteroatoms. The molecule has 4 aromatic heterocycles. The molecule has 1 aliphatic heterocycles. The number of carbonyl (C=O) groups is 1. The van der Waals surface area contributed by atoms with Gasteiger partial charge in [-0.15, -0.1) is 10.2 Å². The zero-order valence-electron chi connectivity index (χ0n) is 36.4. The van der Waals surface area contributed by atoms with E-state index >= 15 is 0 Å². The molecule has 6 aromatic rings. The maximum Gasteiger partial charge on any atom is 0.294 e. The summed E-state index contributed by atoms with van der Waals surface area (Å²) < 4.78 is 44.4. The standard InChI is InChI=1S/C47H53N9O5S2/c1-28-12-14-37(63(58,59)60)31(19-28)16-18-61-47-24-44(4)21-45(5,25-47)23-46(22-44,26-47)27-56-30(3)34(20-49-56)33-13-15-38(51-39(33)40(48)57)55-17-8-9-32-29(2)41(53-54-42(32)55)52-43-50-35-10-6-7-11-36(35)62-43/h6-7,10-15,19-20H,8-9,16-18,21-27H2,1-5H3,(H2,48,57)(H,50,52,53)(H,58,59,60). The summed E-state index contributed by atoms with van der Waals surface area (Å²) in [4.78, 5) is 24.8. The lowest BCUT2D eigenvalue weighted by molar-refractivity contribution is -0.248. The van der Waals surface area contributed by atoms with Crippen molar-refractivity contribution < 1.29 is 22.5 Å². The Morgan fingerprint density at radius 3 is 2.48 bits per heavy atom. The first-order valence-corrected chi connectivity index (χ1v) is 24.0. The third-order valence-corrected chi connectivity index (χ3v) is 16.0. The molecule has 0 saturated heterocycles. The van der Waals surface area contributed by atoms with Gasteiger partial charge in [0.1, 0.15) is 11.5 Å². The van der Waals surface area contributed by atoms with Crippen molar-refractivity contribution in [1.29, 1.82) is 0 Å². The van der Waals surface area contributed by atoms with Crippen LogP contribution in [-0.2, 0) is 34.2 Å². The van der Waals surface area contributed by atoms with Crippen molar-refractivity contribution in [2.45, 2.75) is 109 Å². The van der Waals surface area contributed by atoms with Crippen LogP contribution < -0.4 is 16.0 Å². The SMILES string of the molecule is Cc1ccc(S(=O)(=O)O)c(CCOC23CC4(C)CC(C)(CC(Cn5ncc(-c6ccc(N7CCCc8c7nnc(Nc7nc9ccccc9s7)c8C)nc6C(N)=O)c5C)(C4)C2)C3)c1. The molecule has 14 nitrogen and oxygen atoms in total. The fraction of sp³-hybridized carbons (Fsp3) is 0.447. The molecule has 328 valence electrons. The van der Waals surface area contributed by atoms with Crippen molar-refractivity contribution in [2.75, 3.05) is 23.4 Å². The first-order valence-electron chi connectivity index (χ1n) is 21.7. The Labute approximate surface area is 371 Å². The fourth-order valence-corrected chi connectivity index (χ4v) is 14.4. The van der Waals surface area contributed by atoms with Crippen molar-refractivity contribution in [1.82, 2.24) is 29.9 Å². The van der Waals surface area contributed by atoms with E-state index in [-0.39, 0.29) is 32.4 Å². The van der Waals surface area contributed by atoms with E-state index in [0.717, 1.165) is 94.7 Å². The minimum atomic E-state index is -4.36. The Kier molecular flexibility index (Phi) is 9.86. The summed E-state index contributed by atoms with van der Waals surface area (Å²) >= 11 is 1.57. The highest BCUT2D eigenvalue weighted by Gasteiger charge is 2.66. The second-order valence-corrected chi connectivity index (χ2v) is 22.0. The van der Waals surface area contributed by atoms with Gasteiger partial charge in [-0.2, -0.15) is 13.5 Å². The normalized spacial score (nSPS) is 25.1. The van der Waals surface area contributed by atoms with Gasteiger partial charge >= 0.3 is 0 Å². The fourth-order valence-electron chi connectivity index (χ4n) is 12.8. The number of nitrogens with zero attached hydrogens (tertiary/aromatic N) is 7. The Hall–Kier alpha value is -5.29. The average molecular weight is 888 g/mol. The van der Waals surface area contributed by atoms with Crippen LogP contribution >= 0.6 is 11.3 Å². The van der Waals surface area contributed by atoms with Gasteiger partial charge in [0.25, 0.3) is 16.0 Å². The molecule has 1 amide bonds. The van der Waals surface area contributed by atoms with Gasteiger partial charge in [-0.25, -0.2) is 9.97 Å². The lowest BCUT2D eigenvalue weighted by Gasteiger charge is -2.69. The number of nitrogens with one attached hydrogen (secondary N) is 1. The molecule has 0 spiro atoms. The molecule has 5 heterocycles. The molecule has 4 N–H and O–H groups in total. The number of aromatic nitrogens is 6. The molecule has 4 saturated carbocycles. The summed E-state index contributed by atoms with van der Waals surface area (Å²) in [7, 11) is -4.36. The van der Waals surface area contributed by atoms with Crippen LogP contribution in [0.5, 0.6) is 0 Å². The van der Waals surface area contributed by atoms with Crippen LogP contribution in [0.4, 0.5) is 22.6 Å². The van der Waals surface area contributed by atoms with Crippen molar-refractivity contribution in [3.8, 4) is 11.1 Å². The molecule has 2 aromatic carbocycles. The largest absolute Gasteiger partial charge is 0.375 e. The maximum atomic E-state index is 13.2. The number of aryl methyl sites for hydroxylation is 1. The highest BCUT2D eigenvalue weighted by atomic mass is 32.2. The van der Waals surface area contributed by atoms with Crippen LogP contribution in [0, 0.1) is 37.0 Å². The molecular formula is C47H53N9O5S2. The lowest BCUT2D eigenvalue weighted by Crippen LogP contribution is -2.64. The van der Waals surface area contributed by atoms with Crippen LogP contribution in [0.25, 0.3) is 21.3 Å². The van der Waals surface area contributed by atoms with E-state index in [4.69, 9.17) is 25.5 Å². The monoisotopic (exact) mass is 887 g/mol. The van der Waals surface area contributed by atoms with E-state index in [1.807, 2.05) is 68.3 Å². The van der Waals surface area contributed by atoms with Gasteiger partial charge in [0.15, 0.2) is 16.8 Å². The number of hydrogen-bond donors (Lipinski definition) is 3.